The van der Waals surface area contributed by atoms with E-state index in [-0.39, 0.29) is 5.78 Å². The minimum atomic E-state index is 0.0317. The van der Waals surface area contributed by atoms with Crippen LogP contribution in [0.3, 0.4) is 0 Å². The average molecular weight is 250 g/mol. The number of hydrogen-bond acceptors (Lipinski definition) is 2. The van der Waals surface area contributed by atoms with Crippen LogP contribution < -0.4 is 5.73 Å². The maximum atomic E-state index is 12.3. The minimum Gasteiger partial charge on any atom is -0.398 e. The van der Waals surface area contributed by atoms with E-state index < -0.39 is 0 Å². The van der Waals surface area contributed by atoms with Crippen molar-refractivity contribution >= 4 is 23.1 Å². The summed E-state index contributed by atoms with van der Waals surface area (Å²) >= 11 is 6.08. The van der Waals surface area contributed by atoms with Crippen LogP contribution >= 0.6 is 11.6 Å². The van der Waals surface area contributed by atoms with Gasteiger partial charge in [-0.3, -0.25) is 4.79 Å². The highest BCUT2D eigenvalue weighted by Crippen LogP contribution is 2.28. The van der Waals surface area contributed by atoms with E-state index in [1.807, 2.05) is 0 Å². The zero-order valence-corrected chi connectivity index (χ0v) is 10.5. The molecule has 0 fully saturated rings. The molecule has 2 nitrogen and oxygen atoms in total. The van der Waals surface area contributed by atoms with E-state index in [1.54, 1.807) is 18.2 Å². The van der Waals surface area contributed by atoms with Crippen molar-refractivity contribution in [2.75, 3.05) is 5.73 Å². The van der Waals surface area contributed by atoms with Gasteiger partial charge in [0.15, 0.2) is 5.78 Å². The molecule has 0 saturated heterocycles. The number of anilines is 1. The Balaban J connectivity index is 2.30. The molecule has 0 spiro atoms. The molecule has 0 saturated carbocycles. The van der Waals surface area contributed by atoms with Crippen LogP contribution in [0.1, 0.15) is 42.5 Å². The van der Waals surface area contributed by atoms with Crippen LogP contribution in [0.5, 0.6) is 0 Å². The first-order valence-electron chi connectivity index (χ1n) is 5.98. The molecule has 0 aromatic heterocycles. The number of hydrogen-bond donors (Lipinski definition) is 1. The van der Waals surface area contributed by atoms with Gasteiger partial charge < -0.3 is 5.73 Å². The molecule has 2 N–H and O–H groups in total. The van der Waals surface area contributed by atoms with Gasteiger partial charge in [-0.1, -0.05) is 30.2 Å². The zero-order chi connectivity index (χ0) is 12.3. The van der Waals surface area contributed by atoms with Crippen molar-refractivity contribution in [1.29, 1.82) is 0 Å². The number of nitrogen functional groups attached to an aromatic ring is 1. The molecule has 0 radical (unpaired) electrons. The summed E-state index contributed by atoms with van der Waals surface area (Å²) in [6, 6.07) is 5.22. The molecule has 0 bridgehead atoms. The summed E-state index contributed by atoms with van der Waals surface area (Å²) in [6.07, 6.45) is 7.33. The van der Waals surface area contributed by atoms with Gasteiger partial charge in [0, 0.05) is 5.56 Å². The SMILES string of the molecule is Nc1cccc(C(=O)C2=CCCCCC2)c1Cl. The van der Waals surface area contributed by atoms with Gasteiger partial charge in [-0.15, -0.1) is 0 Å². The summed E-state index contributed by atoms with van der Waals surface area (Å²) < 4.78 is 0. The van der Waals surface area contributed by atoms with Gasteiger partial charge in [0.1, 0.15) is 0 Å². The molecule has 1 aliphatic carbocycles. The second-order valence-corrected chi connectivity index (χ2v) is 4.74. The number of nitrogens with two attached hydrogens (primary N) is 1. The van der Waals surface area contributed by atoms with E-state index in [4.69, 9.17) is 17.3 Å². The third kappa shape index (κ3) is 2.70. The summed E-state index contributed by atoms with van der Waals surface area (Å²) in [4.78, 5) is 12.3. The van der Waals surface area contributed by atoms with E-state index in [0.717, 1.165) is 24.8 Å². The Morgan fingerprint density at radius 3 is 2.88 bits per heavy atom. The van der Waals surface area contributed by atoms with Gasteiger partial charge in [0.25, 0.3) is 0 Å². The quantitative estimate of drug-likeness (QED) is 0.636. The standard InChI is InChI=1S/C14H16ClNO/c15-13-11(8-5-9-12(13)16)14(17)10-6-3-1-2-4-7-10/h5-6,8-9H,1-4,7,16H2. The lowest BCUT2D eigenvalue weighted by Gasteiger charge is -2.08. The lowest BCUT2D eigenvalue weighted by atomic mass is 9.99. The second-order valence-electron chi connectivity index (χ2n) is 4.37. The van der Waals surface area contributed by atoms with Gasteiger partial charge in [0.05, 0.1) is 10.7 Å². The van der Waals surface area contributed by atoms with Gasteiger partial charge in [-0.05, 0) is 43.4 Å². The minimum absolute atomic E-state index is 0.0317. The Morgan fingerprint density at radius 2 is 2.06 bits per heavy atom. The number of halogens is 1. The lowest BCUT2D eigenvalue weighted by Crippen LogP contribution is -2.05. The topological polar surface area (TPSA) is 43.1 Å². The van der Waals surface area contributed by atoms with Crippen LogP contribution in [0.4, 0.5) is 5.69 Å². The Morgan fingerprint density at radius 1 is 1.24 bits per heavy atom. The van der Waals surface area contributed by atoms with Crippen LogP contribution in [-0.2, 0) is 0 Å². The summed E-state index contributed by atoms with van der Waals surface area (Å²) in [6.45, 7) is 0. The second kappa shape index (κ2) is 5.37. The first-order chi connectivity index (χ1) is 8.20. The molecule has 17 heavy (non-hydrogen) atoms. The van der Waals surface area contributed by atoms with Crippen LogP contribution in [0, 0.1) is 0 Å². The summed E-state index contributed by atoms with van der Waals surface area (Å²) in [5, 5.41) is 0.377. The van der Waals surface area contributed by atoms with Crippen LogP contribution in [-0.4, -0.2) is 5.78 Å². The first-order valence-corrected chi connectivity index (χ1v) is 6.35. The number of carbonyl (C=O) groups excluding carboxylic acids is 1. The molecule has 1 aromatic rings. The number of allylic oxidation sites excluding steroid dienone is 2. The molecule has 1 aromatic carbocycles. The maximum absolute atomic E-state index is 12.3. The van der Waals surface area contributed by atoms with Crippen LogP contribution in [0.2, 0.25) is 5.02 Å². The molecule has 3 heteroatoms. The highest BCUT2D eigenvalue weighted by Gasteiger charge is 2.17. The van der Waals surface area contributed by atoms with Crippen molar-refractivity contribution in [3.8, 4) is 0 Å². The lowest BCUT2D eigenvalue weighted by molar-refractivity contribution is 0.103. The van der Waals surface area contributed by atoms with Crippen molar-refractivity contribution in [3.05, 3.63) is 40.4 Å². The highest BCUT2D eigenvalue weighted by atomic mass is 35.5. The third-order valence-electron chi connectivity index (χ3n) is 3.11. The van der Waals surface area contributed by atoms with E-state index in [2.05, 4.69) is 6.08 Å². The Bertz CT molecular complexity index is 465. The largest absolute Gasteiger partial charge is 0.398 e. The molecule has 0 aliphatic heterocycles. The number of carbonyl (C=O) groups is 1. The highest BCUT2D eigenvalue weighted by molar-refractivity contribution is 6.37. The van der Waals surface area contributed by atoms with E-state index in [9.17, 15) is 4.79 Å². The van der Waals surface area contributed by atoms with Gasteiger partial charge in [0.2, 0.25) is 0 Å². The number of Topliss-reactive ketones (excluding diaryl/α,β-unsaturated/α-hetero) is 1. The fraction of sp³-hybridized carbons (Fsp3) is 0.357. The summed E-state index contributed by atoms with van der Waals surface area (Å²) in [5.41, 5.74) is 7.59. The molecule has 0 atom stereocenters. The van der Waals surface area contributed by atoms with E-state index >= 15 is 0 Å². The fourth-order valence-corrected chi connectivity index (χ4v) is 2.33. The van der Waals surface area contributed by atoms with E-state index in [0.29, 0.717) is 16.3 Å². The average Bonchev–Trinajstić information content (AvgIpc) is 2.60. The molecular weight excluding hydrogens is 234 g/mol. The fourth-order valence-electron chi connectivity index (χ4n) is 2.12. The Hall–Kier alpha value is -1.28. The molecule has 1 aliphatic rings. The van der Waals surface area contributed by atoms with Gasteiger partial charge in [-0.2, -0.15) is 0 Å². The van der Waals surface area contributed by atoms with Crippen molar-refractivity contribution in [2.45, 2.75) is 32.1 Å². The van der Waals surface area contributed by atoms with Crippen molar-refractivity contribution in [1.82, 2.24) is 0 Å². The summed E-state index contributed by atoms with van der Waals surface area (Å²) in [7, 11) is 0. The number of rotatable bonds is 2. The molecule has 2 rings (SSSR count). The maximum Gasteiger partial charge on any atom is 0.190 e. The molecule has 0 unspecified atom stereocenters. The normalized spacial score (nSPS) is 16.2. The van der Waals surface area contributed by atoms with Crippen molar-refractivity contribution in [3.63, 3.8) is 0 Å². The smallest absolute Gasteiger partial charge is 0.190 e. The van der Waals surface area contributed by atoms with Gasteiger partial charge >= 0.3 is 0 Å². The van der Waals surface area contributed by atoms with Crippen molar-refractivity contribution < 1.29 is 4.79 Å². The molecule has 0 heterocycles. The molecule has 0 amide bonds. The summed E-state index contributed by atoms with van der Waals surface area (Å²) in [5.74, 6) is 0.0317. The number of benzene rings is 1. The Kier molecular flexibility index (Phi) is 3.85. The molecule has 90 valence electrons. The van der Waals surface area contributed by atoms with Crippen LogP contribution in [0.25, 0.3) is 0 Å². The Labute approximate surface area is 106 Å². The first kappa shape index (κ1) is 12.2. The zero-order valence-electron chi connectivity index (χ0n) is 9.71. The predicted molar refractivity (Wildman–Crippen MR) is 71.4 cm³/mol. The molecular formula is C14H16ClNO. The number of ketones is 1. The van der Waals surface area contributed by atoms with Crippen LogP contribution in [0.15, 0.2) is 29.8 Å². The van der Waals surface area contributed by atoms with E-state index in [1.165, 1.54) is 12.8 Å². The van der Waals surface area contributed by atoms with Gasteiger partial charge in [-0.25, -0.2) is 0 Å². The van der Waals surface area contributed by atoms with Crippen molar-refractivity contribution in [2.24, 2.45) is 0 Å². The third-order valence-corrected chi connectivity index (χ3v) is 3.53. The predicted octanol–water partition coefficient (Wildman–Crippen LogP) is 4.00. The monoisotopic (exact) mass is 249 g/mol.